The topological polar surface area (TPSA) is 140 Å². The highest BCUT2D eigenvalue weighted by Crippen LogP contribution is 2.52. The molecule has 0 aromatic rings. The van der Waals surface area contributed by atoms with Crippen LogP contribution in [-0.2, 0) is 14.3 Å². The van der Waals surface area contributed by atoms with Crippen LogP contribution in [0.3, 0.4) is 0 Å². The average molecular weight is 412 g/mol. The lowest BCUT2D eigenvalue weighted by molar-refractivity contribution is -0.163. The van der Waals surface area contributed by atoms with Crippen LogP contribution in [0.4, 0.5) is 4.79 Å². The SMILES string of the molecule is C[C@@H](O)[C@H]1C(=O)N2C(OC(=O)O)=C(S[C@@H]3CN[C@H](C4CC(=O)NN4)C3)[C@H](C)[C@H]12. The highest BCUT2D eigenvalue weighted by molar-refractivity contribution is 8.03. The molecule has 0 aliphatic carbocycles. The molecule has 0 saturated carbocycles. The van der Waals surface area contributed by atoms with Gasteiger partial charge in [-0.25, -0.2) is 10.2 Å². The van der Waals surface area contributed by atoms with E-state index in [-0.39, 0.29) is 47.0 Å². The first-order valence-electron chi connectivity index (χ1n) is 9.38. The molecule has 11 heteroatoms. The molecule has 7 atom stereocenters. The van der Waals surface area contributed by atoms with Crippen molar-refractivity contribution in [3.05, 3.63) is 10.8 Å². The minimum atomic E-state index is -1.46. The molecular formula is C17H24N4O6S. The Labute approximate surface area is 166 Å². The molecule has 4 aliphatic heterocycles. The van der Waals surface area contributed by atoms with Crippen LogP contribution in [0.15, 0.2) is 10.8 Å². The van der Waals surface area contributed by atoms with Gasteiger partial charge in [-0.3, -0.25) is 19.9 Å². The van der Waals surface area contributed by atoms with E-state index in [2.05, 4.69) is 16.2 Å². The van der Waals surface area contributed by atoms with E-state index >= 15 is 0 Å². The molecule has 2 amide bonds. The van der Waals surface area contributed by atoms with Gasteiger partial charge in [-0.2, -0.15) is 0 Å². The van der Waals surface area contributed by atoms with Crippen molar-refractivity contribution in [2.75, 3.05) is 6.54 Å². The first-order chi connectivity index (χ1) is 13.3. The first-order valence-corrected chi connectivity index (χ1v) is 10.3. The summed E-state index contributed by atoms with van der Waals surface area (Å²) in [7, 11) is 0. The number of hydrazine groups is 1. The van der Waals surface area contributed by atoms with E-state index in [1.165, 1.54) is 16.7 Å². The summed E-state index contributed by atoms with van der Waals surface area (Å²) in [5.74, 6) is -0.922. The van der Waals surface area contributed by atoms with Crippen molar-refractivity contribution in [2.24, 2.45) is 11.8 Å². The number of thioether (sulfide) groups is 1. The van der Waals surface area contributed by atoms with Gasteiger partial charge < -0.3 is 20.3 Å². The number of carbonyl (C=O) groups excluding carboxylic acids is 2. The van der Waals surface area contributed by atoms with Crippen molar-refractivity contribution < 1.29 is 29.3 Å². The van der Waals surface area contributed by atoms with Gasteiger partial charge in [0.05, 0.1) is 29.0 Å². The Balaban J connectivity index is 1.49. The monoisotopic (exact) mass is 412 g/mol. The number of hydrogen-bond donors (Lipinski definition) is 5. The molecule has 3 saturated heterocycles. The highest BCUT2D eigenvalue weighted by Gasteiger charge is 2.60. The quantitative estimate of drug-likeness (QED) is 0.300. The molecule has 5 N–H and O–H groups in total. The van der Waals surface area contributed by atoms with Crippen LogP contribution in [0.25, 0.3) is 0 Å². The second-order valence-corrected chi connectivity index (χ2v) is 9.13. The molecule has 0 aromatic carbocycles. The standard InChI is InChI=1S/C17H24N4O6S/c1-6-13-12(7(2)22)15(24)21(13)16(27-17(25)26)14(6)28-8-3-9(18-5-8)10-4-11(23)20-19-10/h6-10,12-13,18-19,22H,3-5H2,1-2H3,(H,20,23)(H,25,26)/t6-,7-,8+,9+,10?,12-,13-/m1/s1. The third-order valence-corrected chi connectivity index (χ3v) is 7.45. The van der Waals surface area contributed by atoms with Crippen molar-refractivity contribution >= 4 is 29.7 Å². The van der Waals surface area contributed by atoms with Crippen molar-refractivity contribution in [3.63, 3.8) is 0 Å². The van der Waals surface area contributed by atoms with Crippen LogP contribution < -0.4 is 16.2 Å². The van der Waals surface area contributed by atoms with Crippen LogP contribution in [-0.4, -0.2) is 69.1 Å². The number of amides is 2. The van der Waals surface area contributed by atoms with Gasteiger partial charge in [0.25, 0.3) is 0 Å². The van der Waals surface area contributed by atoms with Crippen molar-refractivity contribution in [1.82, 2.24) is 21.1 Å². The van der Waals surface area contributed by atoms with Gasteiger partial charge >= 0.3 is 6.16 Å². The number of hydrogen-bond acceptors (Lipinski definition) is 8. The van der Waals surface area contributed by atoms with Crippen molar-refractivity contribution in [3.8, 4) is 0 Å². The Morgan fingerprint density at radius 2 is 2.11 bits per heavy atom. The zero-order chi connectivity index (χ0) is 20.2. The molecular weight excluding hydrogens is 388 g/mol. The zero-order valence-electron chi connectivity index (χ0n) is 15.5. The first kappa shape index (κ1) is 19.5. The van der Waals surface area contributed by atoms with Crippen molar-refractivity contribution in [2.45, 2.75) is 56.2 Å². The summed E-state index contributed by atoms with van der Waals surface area (Å²) in [4.78, 5) is 37.2. The number of nitrogens with one attached hydrogen (secondary N) is 3. The van der Waals surface area contributed by atoms with E-state index in [0.717, 1.165) is 11.3 Å². The number of β-lactam (4-membered cyclic amide) rings is 1. The third kappa shape index (κ3) is 3.15. The fourth-order valence-electron chi connectivity index (χ4n) is 4.63. The number of rotatable bonds is 5. The molecule has 4 heterocycles. The Bertz CT molecular complexity index is 743. The number of carbonyl (C=O) groups is 3. The Morgan fingerprint density at radius 3 is 2.71 bits per heavy atom. The smallest absolute Gasteiger partial charge is 0.449 e. The van der Waals surface area contributed by atoms with Gasteiger partial charge in [0.15, 0.2) is 0 Å². The Morgan fingerprint density at radius 1 is 1.36 bits per heavy atom. The molecule has 0 aromatic heterocycles. The van der Waals surface area contributed by atoms with Gasteiger partial charge in [-0.1, -0.05) is 6.92 Å². The predicted molar refractivity (Wildman–Crippen MR) is 98.6 cm³/mol. The van der Waals surface area contributed by atoms with E-state index in [4.69, 9.17) is 9.84 Å². The number of nitrogens with zero attached hydrogens (tertiary/aromatic N) is 1. The lowest BCUT2D eigenvalue weighted by atomic mass is 9.79. The lowest BCUT2D eigenvalue weighted by Crippen LogP contribution is -2.63. The maximum Gasteiger partial charge on any atom is 0.512 e. The summed E-state index contributed by atoms with van der Waals surface area (Å²) >= 11 is 1.52. The minimum Gasteiger partial charge on any atom is -0.449 e. The van der Waals surface area contributed by atoms with E-state index < -0.39 is 18.2 Å². The lowest BCUT2D eigenvalue weighted by Gasteiger charge is -2.45. The molecule has 0 radical (unpaired) electrons. The third-order valence-electron chi connectivity index (χ3n) is 5.95. The van der Waals surface area contributed by atoms with Crippen LogP contribution in [0.1, 0.15) is 26.7 Å². The second-order valence-electron chi connectivity index (χ2n) is 7.78. The van der Waals surface area contributed by atoms with Gasteiger partial charge in [-0.05, 0) is 13.3 Å². The summed E-state index contributed by atoms with van der Waals surface area (Å²) in [5, 5.41) is 22.6. The molecule has 28 heavy (non-hydrogen) atoms. The maximum atomic E-state index is 12.5. The number of carboxylic acid groups (broad SMARTS) is 1. The molecule has 1 unspecified atom stereocenters. The Hall–Kier alpha value is -1.82. The molecule has 4 aliphatic rings. The summed E-state index contributed by atoms with van der Waals surface area (Å²) in [6.07, 6.45) is -1.05. The number of fused-ring (bicyclic) bond motifs is 1. The van der Waals surface area contributed by atoms with E-state index in [9.17, 15) is 19.5 Å². The zero-order valence-corrected chi connectivity index (χ0v) is 16.4. The maximum absolute atomic E-state index is 12.5. The molecule has 4 rings (SSSR count). The largest absolute Gasteiger partial charge is 0.512 e. The fourth-order valence-corrected chi connectivity index (χ4v) is 6.07. The summed E-state index contributed by atoms with van der Waals surface area (Å²) in [5.41, 5.74) is 5.60. The minimum absolute atomic E-state index is 0.0175. The van der Waals surface area contributed by atoms with Crippen LogP contribution in [0.2, 0.25) is 0 Å². The fraction of sp³-hybridized carbons (Fsp3) is 0.706. The van der Waals surface area contributed by atoms with Gasteiger partial charge in [-0.15, -0.1) is 11.8 Å². The second kappa shape index (κ2) is 7.21. The normalized spacial score (nSPS) is 38.3. The Kier molecular flexibility index (Phi) is 5.02. The van der Waals surface area contributed by atoms with E-state index in [1.807, 2.05) is 6.92 Å². The molecule has 0 bridgehead atoms. The summed E-state index contributed by atoms with van der Waals surface area (Å²) in [6.45, 7) is 4.21. The summed E-state index contributed by atoms with van der Waals surface area (Å²) < 4.78 is 4.99. The number of ether oxygens (including phenoxy) is 1. The van der Waals surface area contributed by atoms with Crippen LogP contribution >= 0.6 is 11.8 Å². The van der Waals surface area contributed by atoms with Crippen LogP contribution in [0.5, 0.6) is 0 Å². The van der Waals surface area contributed by atoms with Crippen LogP contribution in [0, 0.1) is 11.8 Å². The van der Waals surface area contributed by atoms with Gasteiger partial charge in [0, 0.05) is 30.2 Å². The molecule has 0 spiro atoms. The van der Waals surface area contributed by atoms with Gasteiger partial charge in [0.1, 0.15) is 0 Å². The molecule has 10 nitrogen and oxygen atoms in total. The predicted octanol–water partition coefficient (Wildman–Crippen LogP) is -0.436. The highest BCUT2D eigenvalue weighted by atomic mass is 32.2. The summed E-state index contributed by atoms with van der Waals surface area (Å²) in [6, 6.07) is -0.141. The number of aliphatic hydroxyl groups excluding tert-OH is 1. The van der Waals surface area contributed by atoms with E-state index in [1.54, 1.807) is 6.92 Å². The number of aliphatic hydroxyl groups is 1. The average Bonchev–Trinajstić information content (AvgIpc) is 3.28. The molecule has 3 fully saturated rings. The van der Waals surface area contributed by atoms with E-state index in [0.29, 0.717) is 13.0 Å². The van der Waals surface area contributed by atoms with Gasteiger partial charge in [0.2, 0.25) is 17.7 Å². The van der Waals surface area contributed by atoms with Crippen molar-refractivity contribution in [1.29, 1.82) is 0 Å². The molecule has 154 valence electrons.